The molecule has 0 bridgehead atoms. The molecule has 2 rings (SSSR count). The summed E-state index contributed by atoms with van der Waals surface area (Å²) in [5, 5.41) is -1.09. The van der Waals surface area contributed by atoms with Crippen molar-refractivity contribution < 1.29 is 26.3 Å². The van der Waals surface area contributed by atoms with Gasteiger partial charge in [0.05, 0.1) is 5.39 Å². The SMILES string of the molecule is Cc1cc(F)c2c(F)c(C(F)(F)F)c(F)cc2c1. The molecule has 0 aliphatic heterocycles. The fourth-order valence-corrected chi connectivity index (χ4v) is 1.81. The summed E-state index contributed by atoms with van der Waals surface area (Å²) in [6.07, 6.45) is -5.21. The molecule has 0 N–H and O–H groups in total. The van der Waals surface area contributed by atoms with Crippen LogP contribution in [-0.4, -0.2) is 0 Å². The highest BCUT2D eigenvalue weighted by atomic mass is 19.4. The summed E-state index contributed by atoms with van der Waals surface area (Å²) in [7, 11) is 0. The Balaban J connectivity index is 2.94. The van der Waals surface area contributed by atoms with E-state index in [4.69, 9.17) is 0 Å². The van der Waals surface area contributed by atoms with Gasteiger partial charge in [-0.1, -0.05) is 6.07 Å². The second kappa shape index (κ2) is 3.90. The molecule has 0 atom stereocenters. The van der Waals surface area contributed by atoms with Crippen LogP contribution >= 0.6 is 0 Å². The third-order valence-electron chi connectivity index (χ3n) is 2.51. The molecule has 18 heavy (non-hydrogen) atoms. The topological polar surface area (TPSA) is 0 Å². The molecule has 0 saturated heterocycles. The molecular formula is C12H6F6. The number of benzene rings is 2. The molecular weight excluding hydrogens is 258 g/mol. The van der Waals surface area contributed by atoms with E-state index in [0.717, 1.165) is 6.07 Å². The van der Waals surface area contributed by atoms with Crippen molar-refractivity contribution in [3.63, 3.8) is 0 Å². The smallest absolute Gasteiger partial charge is 0.206 e. The summed E-state index contributed by atoms with van der Waals surface area (Å²) in [5.74, 6) is -4.82. The van der Waals surface area contributed by atoms with Crippen LogP contribution in [0.1, 0.15) is 11.1 Å². The molecule has 96 valence electrons. The van der Waals surface area contributed by atoms with Gasteiger partial charge in [-0.15, -0.1) is 0 Å². The van der Waals surface area contributed by atoms with Crippen LogP contribution in [-0.2, 0) is 6.18 Å². The standard InChI is InChI=1S/C12H6F6/c1-5-2-6-4-8(14)10(12(16,17)18)11(15)9(6)7(13)3-5/h2-4H,1H3. The summed E-state index contributed by atoms with van der Waals surface area (Å²) in [4.78, 5) is 0. The number of halogens is 6. The first-order valence-electron chi connectivity index (χ1n) is 4.87. The normalized spacial score (nSPS) is 12.2. The van der Waals surface area contributed by atoms with Crippen molar-refractivity contribution in [2.75, 3.05) is 0 Å². The third kappa shape index (κ3) is 1.91. The van der Waals surface area contributed by atoms with E-state index in [2.05, 4.69) is 0 Å². The molecule has 2 aromatic carbocycles. The zero-order valence-corrected chi connectivity index (χ0v) is 9.00. The van der Waals surface area contributed by atoms with Gasteiger partial charge in [0.15, 0.2) is 0 Å². The van der Waals surface area contributed by atoms with Crippen LogP contribution in [0.5, 0.6) is 0 Å². The van der Waals surface area contributed by atoms with Gasteiger partial charge in [-0.25, -0.2) is 13.2 Å². The average Bonchev–Trinajstić information content (AvgIpc) is 2.11. The first kappa shape index (κ1) is 12.7. The Bertz CT molecular complexity index is 627. The van der Waals surface area contributed by atoms with Gasteiger partial charge in [-0.05, 0) is 30.0 Å². The highest BCUT2D eigenvalue weighted by Gasteiger charge is 2.39. The maximum atomic E-state index is 13.6. The summed E-state index contributed by atoms with van der Waals surface area (Å²) in [5.41, 5.74) is -1.71. The van der Waals surface area contributed by atoms with Gasteiger partial charge in [0, 0.05) is 0 Å². The fourth-order valence-electron chi connectivity index (χ4n) is 1.81. The fraction of sp³-hybridized carbons (Fsp3) is 0.167. The molecule has 0 radical (unpaired) electrons. The number of hydrogen-bond donors (Lipinski definition) is 0. The second-order valence-electron chi connectivity index (χ2n) is 3.89. The molecule has 0 spiro atoms. The van der Waals surface area contributed by atoms with Crippen LogP contribution in [0.3, 0.4) is 0 Å². The maximum absolute atomic E-state index is 13.6. The van der Waals surface area contributed by atoms with E-state index in [-0.39, 0.29) is 5.39 Å². The highest BCUT2D eigenvalue weighted by molar-refractivity contribution is 5.85. The van der Waals surface area contributed by atoms with Crippen LogP contribution in [0, 0.1) is 24.4 Å². The van der Waals surface area contributed by atoms with Crippen molar-refractivity contribution in [1.29, 1.82) is 0 Å². The quantitative estimate of drug-likeness (QED) is 0.611. The van der Waals surface area contributed by atoms with Crippen molar-refractivity contribution in [1.82, 2.24) is 0 Å². The number of alkyl halides is 3. The van der Waals surface area contributed by atoms with E-state index < -0.39 is 34.6 Å². The minimum absolute atomic E-state index is 0.240. The molecule has 0 aliphatic rings. The number of rotatable bonds is 0. The van der Waals surface area contributed by atoms with E-state index in [1.165, 1.54) is 13.0 Å². The van der Waals surface area contributed by atoms with Gasteiger partial charge < -0.3 is 0 Å². The molecule has 0 fully saturated rings. The van der Waals surface area contributed by atoms with Crippen LogP contribution in [0.4, 0.5) is 26.3 Å². The van der Waals surface area contributed by atoms with Gasteiger partial charge >= 0.3 is 6.18 Å². The number of aryl methyl sites for hydroxylation is 1. The summed E-state index contributed by atoms with van der Waals surface area (Å²) in [6.45, 7) is 1.47. The Morgan fingerprint density at radius 2 is 1.50 bits per heavy atom. The lowest BCUT2D eigenvalue weighted by Gasteiger charge is -2.12. The minimum atomic E-state index is -5.21. The lowest BCUT2D eigenvalue weighted by atomic mass is 10.0. The van der Waals surface area contributed by atoms with Gasteiger partial charge in [0.1, 0.15) is 23.0 Å². The monoisotopic (exact) mass is 264 g/mol. The largest absolute Gasteiger partial charge is 0.422 e. The molecule has 0 unspecified atom stereocenters. The maximum Gasteiger partial charge on any atom is 0.422 e. The predicted molar refractivity (Wildman–Crippen MR) is 53.6 cm³/mol. The van der Waals surface area contributed by atoms with Crippen molar-refractivity contribution in [2.45, 2.75) is 13.1 Å². The van der Waals surface area contributed by atoms with Gasteiger partial charge in [0.2, 0.25) is 0 Å². The first-order valence-corrected chi connectivity index (χ1v) is 4.87. The van der Waals surface area contributed by atoms with Crippen LogP contribution in [0.15, 0.2) is 18.2 Å². The van der Waals surface area contributed by atoms with E-state index in [0.29, 0.717) is 11.6 Å². The van der Waals surface area contributed by atoms with E-state index in [1.54, 1.807) is 0 Å². The highest BCUT2D eigenvalue weighted by Crippen LogP contribution is 2.37. The zero-order chi connectivity index (χ0) is 13.7. The number of hydrogen-bond acceptors (Lipinski definition) is 0. The van der Waals surface area contributed by atoms with E-state index in [9.17, 15) is 26.3 Å². The molecule has 0 amide bonds. The molecule has 0 aromatic heterocycles. The van der Waals surface area contributed by atoms with Crippen molar-refractivity contribution in [3.05, 3.63) is 46.8 Å². The second-order valence-corrected chi connectivity index (χ2v) is 3.89. The van der Waals surface area contributed by atoms with Crippen LogP contribution < -0.4 is 0 Å². The third-order valence-corrected chi connectivity index (χ3v) is 2.51. The first-order chi connectivity index (χ1) is 8.21. The van der Waals surface area contributed by atoms with Crippen LogP contribution in [0.2, 0.25) is 0 Å². The van der Waals surface area contributed by atoms with Crippen molar-refractivity contribution in [3.8, 4) is 0 Å². The van der Waals surface area contributed by atoms with Crippen molar-refractivity contribution in [2.24, 2.45) is 0 Å². The van der Waals surface area contributed by atoms with Gasteiger partial charge in [-0.2, -0.15) is 13.2 Å². The lowest BCUT2D eigenvalue weighted by Crippen LogP contribution is -2.12. The van der Waals surface area contributed by atoms with Gasteiger partial charge in [0.25, 0.3) is 0 Å². The Morgan fingerprint density at radius 3 is 2.06 bits per heavy atom. The molecule has 0 saturated carbocycles. The Hall–Kier alpha value is -1.72. The average molecular weight is 264 g/mol. The molecule has 0 nitrogen and oxygen atoms in total. The summed E-state index contributed by atoms with van der Waals surface area (Å²) in [6, 6.07) is 2.59. The van der Waals surface area contributed by atoms with E-state index in [1.807, 2.05) is 0 Å². The summed E-state index contributed by atoms with van der Waals surface area (Å²) >= 11 is 0. The molecule has 2 aromatic rings. The Kier molecular flexibility index (Phi) is 2.76. The number of fused-ring (bicyclic) bond motifs is 1. The van der Waals surface area contributed by atoms with Crippen molar-refractivity contribution >= 4 is 10.8 Å². The zero-order valence-electron chi connectivity index (χ0n) is 9.00. The Morgan fingerprint density at radius 1 is 0.889 bits per heavy atom. The molecule has 0 aliphatic carbocycles. The molecule has 0 heterocycles. The Labute approximate surface area is 97.8 Å². The lowest BCUT2D eigenvalue weighted by molar-refractivity contribution is -0.142. The van der Waals surface area contributed by atoms with Gasteiger partial charge in [-0.3, -0.25) is 0 Å². The predicted octanol–water partition coefficient (Wildman–Crippen LogP) is 4.58. The van der Waals surface area contributed by atoms with E-state index >= 15 is 0 Å². The van der Waals surface area contributed by atoms with Crippen LogP contribution in [0.25, 0.3) is 10.8 Å². The molecule has 6 heteroatoms. The summed E-state index contributed by atoms with van der Waals surface area (Å²) < 4.78 is 77.7. The minimum Gasteiger partial charge on any atom is -0.206 e.